The molecule has 0 aliphatic rings. The zero-order valence-corrected chi connectivity index (χ0v) is 14.9. The highest BCUT2D eigenvalue weighted by atomic mass is 16.1. The van der Waals surface area contributed by atoms with Crippen LogP contribution in [-0.4, -0.2) is 25.7 Å². The summed E-state index contributed by atoms with van der Waals surface area (Å²) in [6, 6.07) is 21.3. The van der Waals surface area contributed by atoms with Crippen molar-refractivity contribution in [3.63, 3.8) is 0 Å². The predicted octanol–water partition coefficient (Wildman–Crippen LogP) is 3.92. The van der Waals surface area contributed by atoms with Gasteiger partial charge in [0.2, 0.25) is 5.91 Å². The Morgan fingerprint density at radius 3 is 2.74 bits per heavy atom. The highest BCUT2D eigenvalue weighted by Crippen LogP contribution is 2.24. The average Bonchev–Trinajstić information content (AvgIpc) is 3.17. The van der Waals surface area contributed by atoms with Crippen LogP contribution in [0.4, 0.5) is 5.69 Å². The smallest absolute Gasteiger partial charge is 0.231 e. The summed E-state index contributed by atoms with van der Waals surface area (Å²) >= 11 is 0. The Morgan fingerprint density at radius 1 is 1.07 bits per heavy atom. The lowest BCUT2D eigenvalue weighted by Gasteiger charge is -2.16. The molecule has 0 radical (unpaired) electrons. The maximum absolute atomic E-state index is 12.8. The third kappa shape index (κ3) is 3.55. The number of rotatable bonds is 5. The second-order valence-corrected chi connectivity index (χ2v) is 6.29. The number of hydrogen-bond acceptors (Lipinski definition) is 4. The maximum Gasteiger partial charge on any atom is 0.231 e. The van der Waals surface area contributed by atoms with E-state index in [1.54, 1.807) is 10.8 Å². The Labute approximate surface area is 156 Å². The van der Waals surface area contributed by atoms with Gasteiger partial charge >= 0.3 is 0 Å². The highest BCUT2D eigenvalue weighted by molar-refractivity contribution is 5.96. The van der Waals surface area contributed by atoms with Gasteiger partial charge in [-0.25, -0.2) is 0 Å². The number of nitrogens with one attached hydrogen (secondary N) is 1. The molecule has 27 heavy (non-hydrogen) atoms. The van der Waals surface area contributed by atoms with Gasteiger partial charge in [-0.15, -0.1) is 10.2 Å². The standard InChI is InChI=1S/C21H19N5O/c1-2-18(15-7-4-3-5-8-15)21(27)23-17-10-6-9-16(13-17)19-11-12-20-24-22-14-26(20)25-19/h3-14,18H,2H2,1H3,(H,23,27)/t18-/m0/s1. The number of amides is 1. The van der Waals surface area contributed by atoms with Gasteiger partial charge in [-0.2, -0.15) is 9.61 Å². The van der Waals surface area contributed by atoms with Crippen molar-refractivity contribution in [2.75, 3.05) is 5.32 Å². The molecule has 6 nitrogen and oxygen atoms in total. The lowest BCUT2D eigenvalue weighted by molar-refractivity contribution is -0.117. The van der Waals surface area contributed by atoms with Gasteiger partial charge in [-0.05, 0) is 36.2 Å². The lowest BCUT2D eigenvalue weighted by Crippen LogP contribution is -2.20. The molecule has 1 atom stereocenters. The van der Waals surface area contributed by atoms with Crippen molar-refractivity contribution < 1.29 is 4.79 Å². The van der Waals surface area contributed by atoms with Gasteiger partial charge in [0, 0.05) is 11.3 Å². The molecule has 4 rings (SSSR count). The van der Waals surface area contributed by atoms with Crippen molar-refractivity contribution in [3.05, 3.63) is 78.6 Å². The number of anilines is 1. The van der Waals surface area contributed by atoms with Gasteiger partial charge in [-0.3, -0.25) is 4.79 Å². The predicted molar refractivity (Wildman–Crippen MR) is 104 cm³/mol. The first-order valence-corrected chi connectivity index (χ1v) is 8.88. The molecule has 1 N–H and O–H groups in total. The molecule has 0 fully saturated rings. The average molecular weight is 357 g/mol. The highest BCUT2D eigenvalue weighted by Gasteiger charge is 2.18. The van der Waals surface area contributed by atoms with E-state index >= 15 is 0 Å². The molecule has 4 aromatic rings. The van der Waals surface area contributed by atoms with Gasteiger partial charge in [0.25, 0.3) is 0 Å². The van der Waals surface area contributed by atoms with E-state index in [1.165, 1.54) is 0 Å². The molecule has 2 aromatic heterocycles. The van der Waals surface area contributed by atoms with E-state index in [-0.39, 0.29) is 11.8 Å². The number of nitrogens with zero attached hydrogens (tertiary/aromatic N) is 4. The third-order valence-corrected chi connectivity index (χ3v) is 4.51. The maximum atomic E-state index is 12.8. The van der Waals surface area contributed by atoms with Gasteiger partial charge in [0.05, 0.1) is 11.6 Å². The minimum absolute atomic E-state index is 0.0110. The summed E-state index contributed by atoms with van der Waals surface area (Å²) in [5.74, 6) is -0.190. The Kier molecular flexibility index (Phi) is 4.61. The minimum Gasteiger partial charge on any atom is -0.326 e. The fourth-order valence-electron chi connectivity index (χ4n) is 3.13. The van der Waals surface area contributed by atoms with Crippen molar-refractivity contribution in [1.82, 2.24) is 19.8 Å². The SMILES string of the molecule is CC[C@H](C(=O)Nc1cccc(-c2ccc3nncn3n2)c1)c1ccccc1. The van der Waals surface area contributed by atoms with Gasteiger partial charge in [0.1, 0.15) is 6.33 Å². The van der Waals surface area contributed by atoms with Crippen LogP contribution in [0, 0.1) is 0 Å². The van der Waals surface area contributed by atoms with Crippen molar-refractivity contribution in [2.24, 2.45) is 0 Å². The lowest BCUT2D eigenvalue weighted by atomic mass is 9.95. The molecule has 0 bridgehead atoms. The Bertz CT molecular complexity index is 1070. The van der Waals surface area contributed by atoms with Crippen LogP contribution in [-0.2, 0) is 4.79 Å². The van der Waals surface area contributed by atoms with Crippen LogP contribution in [0.2, 0.25) is 0 Å². The molecular weight excluding hydrogens is 338 g/mol. The molecule has 6 heteroatoms. The fraction of sp³-hybridized carbons (Fsp3) is 0.143. The van der Waals surface area contributed by atoms with E-state index < -0.39 is 0 Å². The number of aromatic nitrogens is 4. The van der Waals surface area contributed by atoms with Crippen molar-refractivity contribution >= 4 is 17.2 Å². The normalized spacial score (nSPS) is 12.0. The Balaban J connectivity index is 1.57. The van der Waals surface area contributed by atoms with E-state index in [0.717, 1.165) is 28.9 Å². The number of carbonyl (C=O) groups excluding carboxylic acids is 1. The molecule has 1 amide bonds. The van der Waals surface area contributed by atoms with E-state index in [1.807, 2.05) is 73.7 Å². The number of carbonyl (C=O) groups is 1. The largest absolute Gasteiger partial charge is 0.326 e. The summed E-state index contributed by atoms with van der Waals surface area (Å²) in [4.78, 5) is 12.8. The third-order valence-electron chi connectivity index (χ3n) is 4.51. The van der Waals surface area contributed by atoms with Gasteiger partial charge < -0.3 is 5.32 Å². The monoisotopic (exact) mass is 357 g/mol. The van der Waals surface area contributed by atoms with E-state index in [9.17, 15) is 4.79 Å². The van der Waals surface area contributed by atoms with Crippen molar-refractivity contribution in [3.8, 4) is 11.3 Å². The molecule has 0 saturated heterocycles. The summed E-state index contributed by atoms with van der Waals surface area (Å²) in [7, 11) is 0. The van der Waals surface area contributed by atoms with E-state index in [0.29, 0.717) is 5.65 Å². The molecule has 134 valence electrons. The Hall–Kier alpha value is -3.54. The zero-order chi connectivity index (χ0) is 18.6. The molecule has 0 aliphatic carbocycles. The second kappa shape index (κ2) is 7.37. The van der Waals surface area contributed by atoms with Crippen LogP contribution in [0.1, 0.15) is 24.8 Å². The van der Waals surface area contributed by atoms with Crippen LogP contribution in [0.25, 0.3) is 16.9 Å². The topological polar surface area (TPSA) is 72.2 Å². The van der Waals surface area contributed by atoms with Crippen LogP contribution < -0.4 is 5.32 Å². The molecule has 0 spiro atoms. The molecule has 2 heterocycles. The summed E-state index contributed by atoms with van der Waals surface area (Å²) in [6.45, 7) is 2.02. The van der Waals surface area contributed by atoms with Gasteiger partial charge in [-0.1, -0.05) is 49.4 Å². The molecular formula is C21H19N5O. The van der Waals surface area contributed by atoms with Crippen LogP contribution >= 0.6 is 0 Å². The zero-order valence-electron chi connectivity index (χ0n) is 14.9. The van der Waals surface area contributed by atoms with Crippen LogP contribution in [0.3, 0.4) is 0 Å². The number of hydrogen-bond donors (Lipinski definition) is 1. The van der Waals surface area contributed by atoms with Crippen LogP contribution in [0.15, 0.2) is 73.1 Å². The quantitative estimate of drug-likeness (QED) is 0.587. The molecule has 0 unspecified atom stereocenters. The number of fused-ring (bicyclic) bond motifs is 1. The van der Waals surface area contributed by atoms with E-state index in [4.69, 9.17) is 0 Å². The van der Waals surface area contributed by atoms with Gasteiger partial charge in [0.15, 0.2) is 5.65 Å². The minimum atomic E-state index is -0.179. The number of benzene rings is 2. The summed E-state index contributed by atoms with van der Waals surface area (Å²) in [5.41, 5.74) is 4.16. The summed E-state index contributed by atoms with van der Waals surface area (Å²) < 4.78 is 1.63. The molecule has 0 saturated carbocycles. The summed E-state index contributed by atoms with van der Waals surface area (Å²) in [6.07, 6.45) is 2.30. The first-order valence-electron chi connectivity index (χ1n) is 8.88. The van der Waals surface area contributed by atoms with Crippen LogP contribution in [0.5, 0.6) is 0 Å². The molecule has 0 aliphatic heterocycles. The van der Waals surface area contributed by atoms with E-state index in [2.05, 4.69) is 20.6 Å². The van der Waals surface area contributed by atoms with Crippen molar-refractivity contribution in [1.29, 1.82) is 0 Å². The second-order valence-electron chi connectivity index (χ2n) is 6.29. The fourth-order valence-corrected chi connectivity index (χ4v) is 3.13. The van der Waals surface area contributed by atoms with Crippen molar-refractivity contribution in [2.45, 2.75) is 19.3 Å². The first kappa shape index (κ1) is 16.9. The summed E-state index contributed by atoms with van der Waals surface area (Å²) in [5, 5.41) is 15.3. The first-order chi connectivity index (χ1) is 13.2. The molecule has 2 aromatic carbocycles. The Morgan fingerprint density at radius 2 is 1.93 bits per heavy atom.